The molecule has 0 aromatic heterocycles. The van der Waals surface area contributed by atoms with Gasteiger partial charge in [0.05, 0.1) is 86.1 Å². The first-order chi connectivity index (χ1) is 53.2. The molecule has 0 aliphatic carbocycles. The summed E-state index contributed by atoms with van der Waals surface area (Å²) in [5.41, 5.74) is -5.10. The molecule has 0 spiro atoms. The highest BCUT2D eigenvalue weighted by atomic mass is 28.4. The summed E-state index contributed by atoms with van der Waals surface area (Å²) in [5.74, 6) is -1.03. The first-order valence-corrected chi connectivity index (χ1v) is 49.4. The summed E-state index contributed by atoms with van der Waals surface area (Å²) in [6, 6.07) is 0.136. The van der Waals surface area contributed by atoms with Crippen LogP contribution in [0.5, 0.6) is 0 Å². The molecule has 109 heavy (non-hydrogen) atoms. The molecule has 0 unspecified atom stereocenters. The normalized spacial score (nSPS) is 12.4. The molecule has 650 valence electrons. The van der Waals surface area contributed by atoms with Crippen LogP contribution in [-0.2, 0) is 27.7 Å². The molecule has 0 aliphatic heterocycles. The van der Waals surface area contributed by atoms with E-state index in [2.05, 4.69) is 57.6 Å². The van der Waals surface area contributed by atoms with Crippen molar-refractivity contribution in [2.75, 3.05) is 86.1 Å². The summed E-state index contributed by atoms with van der Waals surface area (Å²) >= 11 is 0. The summed E-state index contributed by atoms with van der Waals surface area (Å²) in [4.78, 5) is 41.9. The number of hydrogen-bond acceptors (Lipinski definition) is 12. The molecule has 3 amide bonds. The number of rotatable bonds is 90. The van der Waals surface area contributed by atoms with Crippen molar-refractivity contribution in [2.24, 2.45) is 0 Å². The molecule has 0 bridgehead atoms. The van der Waals surface area contributed by atoms with E-state index in [1.807, 2.05) is 0 Å². The predicted molar refractivity (Wildman–Crippen MR) is 462 cm³/mol. The third-order valence-corrected chi connectivity index (χ3v) is 26.3. The fourth-order valence-electron chi connectivity index (χ4n) is 15.5. The number of unbranched alkanes of at least 4 members (excludes halogenated alkanes) is 58. The van der Waals surface area contributed by atoms with Crippen LogP contribution in [0.4, 0.5) is 0 Å². The Balaban J connectivity index is 7.27. The Hall–Kier alpha value is -1.77. The Labute approximate surface area is 675 Å². The van der Waals surface area contributed by atoms with Gasteiger partial charge in [-0.25, -0.2) is 0 Å². The lowest BCUT2D eigenvalue weighted by Gasteiger charge is -2.41. The monoisotopic (exact) mass is 1570 g/mol. The molecule has 9 N–H and O–H groups in total. The molecule has 0 heterocycles. The molecular weight excluding hydrogens is 1380 g/mol. The Morgan fingerprint density at radius 3 is 0.578 bits per heavy atom. The van der Waals surface area contributed by atoms with Crippen LogP contribution in [0, 0.1) is 0 Å². The molecule has 0 aliphatic rings. The SMILES string of the molecule is CCCCCCCCCCCCCCCC[N+](C)(CCCCCCCCCCCCCCCC)CCC[Si](OCC(CO)(CO)NC(=O)CCCCCCCCCCCCC)(OCC(CO)(CO)NC(=O)CCCCCCCCCCCCC)OCC(CO)(CO)NC(=O)CCCCCCCCCCCCCCC. The second kappa shape index (κ2) is 77.5. The van der Waals surface area contributed by atoms with Gasteiger partial charge in [0.15, 0.2) is 0 Å². The van der Waals surface area contributed by atoms with Gasteiger partial charge in [-0.15, -0.1) is 0 Å². The molecule has 0 fully saturated rings. The first-order valence-electron chi connectivity index (χ1n) is 47.5. The van der Waals surface area contributed by atoms with Gasteiger partial charge in [-0.2, -0.15) is 0 Å². The Bertz CT molecular complexity index is 1850. The van der Waals surface area contributed by atoms with Crippen molar-refractivity contribution in [2.45, 2.75) is 487 Å². The van der Waals surface area contributed by atoms with Gasteiger partial charge in [0, 0.05) is 31.7 Å². The van der Waals surface area contributed by atoms with Gasteiger partial charge in [0.2, 0.25) is 17.7 Å². The number of aliphatic hydroxyl groups is 6. The van der Waals surface area contributed by atoms with Crippen LogP contribution >= 0.6 is 0 Å². The number of nitrogens with zero attached hydrogens (tertiary/aromatic N) is 1. The molecule has 16 nitrogen and oxygen atoms in total. The minimum absolute atomic E-state index is 0.136. The van der Waals surface area contributed by atoms with Crippen LogP contribution in [0.3, 0.4) is 0 Å². The number of aliphatic hydroxyl groups excluding tert-OH is 6. The second-order valence-electron chi connectivity index (χ2n) is 34.6. The minimum atomic E-state index is -4.43. The van der Waals surface area contributed by atoms with Gasteiger partial charge in [-0.05, 0) is 44.9 Å². The average Bonchev–Trinajstić information content (AvgIpc) is 0.809. The molecule has 0 aromatic rings. The molecule has 0 saturated heterocycles. The van der Waals surface area contributed by atoms with E-state index in [0.29, 0.717) is 32.2 Å². The molecule has 17 heteroatoms. The van der Waals surface area contributed by atoms with E-state index in [9.17, 15) is 45.0 Å². The number of carbonyl (C=O) groups is 3. The van der Waals surface area contributed by atoms with Gasteiger partial charge < -0.3 is 64.4 Å². The van der Waals surface area contributed by atoms with Crippen LogP contribution < -0.4 is 16.0 Å². The number of nitrogens with one attached hydrogen (secondary N) is 3. The van der Waals surface area contributed by atoms with E-state index in [1.165, 1.54) is 302 Å². The zero-order valence-electron chi connectivity index (χ0n) is 73.1. The molecule has 0 saturated carbocycles. The zero-order valence-corrected chi connectivity index (χ0v) is 74.1. The van der Waals surface area contributed by atoms with Crippen molar-refractivity contribution >= 4 is 26.5 Å². The van der Waals surface area contributed by atoms with E-state index in [1.54, 1.807) is 0 Å². The third kappa shape index (κ3) is 63.1. The lowest BCUT2D eigenvalue weighted by atomic mass is 10.0. The van der Waals surface area contributed by atoms with E-state index in [-0.39, 0.29) is 43.0 Å². The fourth-order valence-corrected chi connectivity index (χ4v) is 18.3. The number of quaternary nitrogens is 1. The predicted octanol–water partition coefficient (Wildman–Crippen LogP) is 22.2. The van der Waals surface area contributed by atoms with E-state index in [4.69, 9.17) is 13.3 Å². The molecule has 0 rings (SSSR count). The highest BCUT2D eigenvalue weighted by molar-refractivity contribution is 6.60. The highest BCUT2D eigenvalue weighted by Gasteiger charge is 2.49. The Morgan fingerprint density at radius 1 is 0.248 bits per heavy atom. The van der Waals surface area contributed by atoms with Crippen LogP contribution in [0.25, 0.3) is 0 Å². The van der Waals surface area contributed by atoms with Crippen molar-refractivity contribution in [3.8, 4) is 0 Å². The van der Waals surface area contributed by atoms with Gasteiger partial charge in [-0.3, -0.25) is 14.4 Å². The smallest absolute Gasteiger partial charge is 0.394 e. The standard InChI is InChI=1S/C92H186N4O12Si/c1-7-12-17-22-27-32-37-40-43-48-53-58-63-68-74-96(6,75-69-64-59-54-49-44-41-38-33-28-23-18-13-8-2)76-70-77-109(106-84-90(78-97,79-98)93-87(103)71-65-60-55-50-45-35-30-25-20-15-10-4,107-85-91(80-99,81-100)94-88(104)72-66-61-56-51-46-36-31-26-21-16-11-5)108-86-92(82-101,83-102)95-89(105)73-67-62-57-52-47-42-39-34-29-24-19-14-9-3/h97-102H,7-86H2,1-6H3,(H2-,93,94,95,103,104,105)/p+1. The zero-order chi connectivity index (χ0) is 80.0. The fraction of sp³-hybridized carbons (Fsp3) is 0.967. The summed E-state index contributed by atoms with van der Waals surface area (Å²) in [6.07, 6.45) is 77.0. The van der Waals surface area contributed by atoms with Crippen LogP contribution in [0.1, 0.15) is 465 Å². The molecule has 0 radical (unpaired) electrons. The number of amides is 3. The van der Waals surface area contributed by atoms with Gasteiger partial charge in [0.1, 0.15) is 16.6 Å². The van der Waals surface area contributed by atoms with Crippen LogP contribution in [0.2, 0.25) is 6.04 Å². The van der Waals surface area contributed by atoms with Crippen molar-refractivity contribution < 1.29 is 62.8 Å². The first kappa shape index (κ1) is 107. The van der Waals surface area contributed by atoms with Crippen molar-refractivity contribution in [1.29, 1.82) is 0 Å². The topological polar surface area (TPSA) is 236 Å². The summed E-state index contributed by atoms with van der Waals surface area (Å²) in [5, 5.41) is 76.7. The summed E-state index contributed by atoms with van der Waals surface area (Å²) < 4.78 is 22.0. The van der Waals surface area contributed by atoms with Crippen LogP contribution in [0.15, 0.2) is 0 Å². The molecular formula is C92H187N4O12Si+. The van der Waals surface area contributed by atoms with E-state index < -0.39 is 84.9 Å². The maximum atomic E-state index is 14.0. The molecule has 0 atom stereocenters. The van der Waals surface area contributed by atoms with Crippen LogP contribution in [-0.4, -0.2) is 164 Å². The van der Waals surface area contributed by atoms with E-state index in [0.717, 1.165) is 101 Å². The second-order valence-corrected chi connectivity index (χ2v) is 37.4. The van der Waals surface area contributed by atoms with Gasteiger partial charge in [0.25, 0.3) is 0 Å². The summed E-state index contributed by atoms with van der Waals surface area (Å²) in [7, 11) is -2.07. The highest BCUT2D eigenvalue weighted by Crippen LogP contribution is 2.28. The Morgan fingerprint density at radius 2 is 0.404 bits per heavy atom. The number of hydrogen-bond donors (Lipinski definition) is 9. The van der Waals surface area contributed by atoms with Crippen molar-refractivity contribution in [3.63, 3.8) is 0 Å². The largest absolute Gasteiger partial charge is 0.501 e. The third-order valence-electron chi connectivity index (χ3n) is 23.5. The quantitative estimate of drug-likeness (QED) is 0.0157. The maximum absolute atomic E-state index is 14.0. The van der Waals surface area contributed by atoms with Crippen molar-refractivity contribution in [3.05, 3.63) is 0 Å². The lowest BCUT2D eigenvalue weighted by molar-refractivity contribution is -0.910. The average molecular weight is 1570 g/mol. The van der Waals surface area contributed by atoms with Gasteiger partial charge >= 0.3 is 8.80 Å². The minimum Gasteiger partial charge on any atom is -0.394 e. The number of carbonyl (C=O) groups excluding carboxylic acids is 3. The lowest BCUT2D eigenvalue weighted by Crippen LogP contribution is -2.65. The van der Waals surface area contributed by atoms with Gasteiger partial charge in [-0.1, -0.05) is 394 Å². The summed E-state index contributed by atoms with van der Waals surface area (Å²) in [6.45, 7) is 8.41. The van der Waals surface area contributed by atoms with Crippen molar-refractivity contribution in [1.82, 2.24) is 16.0 Å². The molecule has 0 aromatic carbocycles. The maximum Gasteiger partial charge on any atom is 0.501 e. The Kier molecular flexibility index (Phi) is 76.2. The van der Waals surface area contributed by atoms with E-state index >= 15 is 0 Å².